The molecular formula is C14H20N2O2. The highest BCUT2D eigenvalue weighted by molar-refractivity contribution is 5.87. The fourth-order valence-electron chi connectivity index (χ4n) is 2.30. The number of aromatic carboxylic acids is 1. The van der Waals surface area contributed by atoms with Gasteiger partial charge in [0.05, 0.1) is 5.56 Å². The van der Waals surface area contributed by atoms with Crippen LogP contribution in [0.1, 0.15) is 29.8 Å². The van der Waals surface area contributed by atoms with Gasteiger partial charge in [-0.15, -0.1) is 0 Å². The minimum Gasteiger partial charge on any atom is -0.478 e. The van der Waals surface area contributed by atoms with Crippen LogP contribution in [0.5, 0.6) is 0 Å². The number of benzene rings is 1. The number of hydrogen-bond donors (Lipinski definition) is 2. The van der Waals surface area contributed by atoms with E-state index >= 15 is 0 Å². The number of nitrogens with zero attached hydrogens (tertiary/aromatic N) is 1. The number of carboxylic acid groups (broad SMARTS) is 1. The summed E-state index contributed by atoms with van der Waals surface area (Å²) in [7, 11) is 0. The van der Waals surface area contributed by atoms with Crippen molar-refractivity contribution in [2.75, 3.05) is 13.1 Å². The van der Waals surface area contributed by atoms with Gasteiger partial charge in [0.15, 0.2) is 0 Å². The molecule has 0 spiro atoms. The van der Waals surface area contributed by atoms with Gasteiger partial charge in [0, 0.05) is 31.7 Å². The van der Waals surface area contributed by atoms with Gasteiger partial charge in [0.2, 0.25) is 0 Å². The SMILES string of the molecule is C[C@@H]1CN(Cc2ccc(C(=O)O)cc2)[C@@H](C)CN1. The molecule has 1 aromatic carbocycles. The molecule has 1 saturated heterocycles. The molecule has 1 aliphatic rings. The minimum atomic E-state index is -0.870. The number of rotatable bonds is 3. The summed E-state index contributed by atoms with van der Waals surface area (Å²) in [4.78, 5) is 13.2. The quantitative estimate of drug-likeness (QED) is 0.852. The number of piperazine rings is 1. The van der Waals surface area contributed by atoms with E-state index in [-0.39, 0.29) is 0 Å². The molecule has 1 fully saturated rings. The van der Waals surface area contributed by atoms with Crippen LogP contribution >= 0.6 is 0 Å². The first-order valence-electron chi connectivity index (χ1n) is 6.36. The Morgan fingerprint density at radius 2 is 2.06 bits per heavy atom. The lowest BCUT2D eigenvalue weighted by Gasteiger charge is -2.37. The van der Waals surface area contributed by atoms with Crippen molar-refractivity contribution in [3.05, 3.63) is 35.4 Å². The topological polar surface area (TPSA) is 52.6 Å². The van der Waals surface area contributed by atoms with Gasteiger partial charge in [-0.2, -0.15) is 0 Å². The molecule has 4 nitrogen and oxygen atoms in total. The third-order valence-corrected chi connectivity index (χ3v) is 3.48. The van der Waals surface area contributed by atoms with E-state index in [2.05, 4.69) is 24.1 Å². The maximum absolute atomic E-state index is 10.8. The van der Waals surface area contributed by atoms with Crippen molar-refractivity contribution in [1.29, 1.82) is 0 Å². The lowest BCUT2D eigenvalue weighted by atomic mass is 10.1. The first kappa shape index (κ1) is 13.1. The second kappa shape index (κ2) is 5.50. The highest BCUT2D eigenvalue weighted by Gasteiger charge is 2.22. The molecule has 2 atom stereocenters. The second-order valence-corrected chi connectivity index (χ2v) is 5.09. The molecule has 0 bridgehead atoms. The Bertz CT molecular complexity index is 416. The Balaban J connectivity index is 2.02. The summed E-state index contributed by atoms with van der Waals surface area (Å²) in [6.45, 7) is 7.32. The van der Waals surface area contributed by atoms with E-state index in [1.165, 1.54) is 5.56 Å². The van der Waals surface area contributed by atoms with Crippen LogP contribution in [0.4, 0.5) is 0 Å². The molecule has 98 valence electrons. The third kappa shape index (κ3) is 3.09. The summed E-state index contributed by atoms with van der Waals surface area (Å²) < 4.78 is 0. The molecule has 0 aromatic heterocycles. The molecule has 1 aliphatic heterocycles. The van der Waals surface area contributed by atoms with Crippen LogP contribution in [0.15, 0.2) is 24.3 Å². The van der Waals surface area contributed by atoms with Crippen molar-refractivity contribution < 1.29 is 9.90 Å². The van der Waals surface area contributed by atoms with Crippen LogP contribution in [0.2, 0.25) is 0 Å². The van der Waals surface area contributed by atoms with E-state index in [9.17, 15) is 4.79 Å². The molecule has 0 radical (unpaired) electrons. The molecule has 1 heterocycles. The van der Waals surface area contributed by atoms with Crippen LogP contribution in [0, 0.1) is 0 Å². The smallest absolute Gasteiger partial charge is 0.335 e. The minimum absolute atomic E-state index is 0.348. The Hall–Kier alpha value is -1.39. The molecule has 2 N–H and O–H groups in total. The average Bonchev–Trinajstić information content (AvgIpc) is 2.34. The lowest BCUT2D eigenvalue weighted by molar-refractivity contribution is 0.0697. The molecule has 0 unspecified atom stereocenters. The van der Waals surface area contributed by atoms with Gasteiger partial charge in [-0.3, -0.25) is 4.90 Å². The highest BCUT2D eigenvalue weighted by atomic mass is 16.4. The van der Waals surface area contributed by atoms with Gasteiger partial charge in [0.25, 0.3) is 0 Å². The zero-order valence-electron chi connectivity index (χ0n) is 10.9. The fraction of sp³-hybridized carbons (Fsp3) is 0.500. The molecule has 0 aliphatic carbocycles. The van der Waals surface area contributed by atoms with Crippen LogP contribution in [0.3, 0.4) is 0 Å². The zero-order chi connectivity index (χ0) is 13.1. The van der Waals surface area contributed by atoms with E-state index in [1.807, 2.05) is 12.1 Å². The van der Waals surface area contributed by atoms with Crippen molar-refractivity contribution in [2.24, 2.45) is 0 Å². The summed E-state index contributed by atoms with van der Waals surface area (Å²) in [5.74, 6) is -0.870. The molecule has 18 heavy (non-hydrogen) atoms. The first-order valence-corrected chi connectivity index (χ1v) is 6.36. The summed E-state index contributed by atoms with van der Waals surface area (Å²) in [6.07, 6.45) is 0. The predicted molar refractivity (Wildman–Crippen MR) is 70.7 cm³/mol. The Morgan fingerprint density at radius 1 is 1.39 bits per heavy atom. The van der Waals surface area contributed by atoms with E-state index in [0.29, 0.717) is 17.6 Å². The van der Waals surface area contributed by atoms with Gasteiger partial charge in [-0.05, 0) is 31.5 Å². The van der Waals surface area contributed by atoms with Gasteiger partial charge in [0.1, 0.15) is 0 Å². The summed E-state index contributed by atoms with van der Waals surface area (Å²) in [5, 5.41) is 12.3. The summed E-state index contributed by atoms with van der Waals surface area (Å²) in [5.41, 5.74) is 1.52. The van der Waals surface area contributed by atoms with E-state index in [1.54, 1.807) is 12.1 Å². The maximum atomic E-state index is 10.8. The third-order valence-electron chi connectivity index (χ3n) is 3.48. The number of carbonyl (C=O) groups is 1. The van der Waals surface area contributed by atoms with Crippen molar-refractivity contribution >= 4 is 5.97 Å². The molecular weight excluding hydrogens is 228 g/mol. The zero-order valence-corrected chi connectivity index (χ0v) is 10.9. The van der Waals surface area contributed by atoms with Crippen molar-refractivity contribution in [2.45, 2.75) is 32.5 Å². The lowest BCUT2D eigenvalue weighted by Crippen LogP contribution is -2.53. The Morgan fingerprint density at radius 3 is 2.67 bits per heavy atom. The number of nitrogens with one attached hydrogen (secondary N) is 1. The van der Waals surface area contributed by atoms with E-state index in [4.69, 9.17) is 5.11 Å². The maximum Gasteiger partial charge on any atom is 0.335 e. The van der Waals surface area contributed by atoms with Crippen LogP contribution < -0.4 is 5.32 Å². The van der Waals surface area contributed by atoms with Gasteiger partial charge in [-0.25, -0.2) is 4.79 Å². The van der Waals surface area contributed by atoms with Crippen molar-refractivity contribution in [3.8, 4) is 0 Å². The molecule has 2 rings (SSSR count). The van der Waals surface area contributed by atoms with Gasteiger partial charge >= 0.3 is 5.97 Å². The normalized spacial score (nSPS) is 25.0. The summed E-state index contributed by atoms with van der Waals surface area (Å²) >= 11 is 0. The van der Waals surface area contributed by atoms with Crippen LogP contribution in [-0.2, 0) is 6.54 Å². The Labute approximate surface area is 108 Å². The molecule has 0 amide bonds. The van der Waals surface area contributed by atoms with E-state index < -0.39 is 5.97 Å². The van der Waals surface area contributed by atoms with Crippen molar-refractivity contribution in [1.82, 2.24) is 10.2 Å². The predicted octanol–water partition coefficient (Wildman–Crippen LogP) is 1.57. The number of hydrogen-bond acceptors (Lipinski definition) is 3. The average molecular weight is 248 g/mol. The molecule has 1 aromatic rings. The second-order valence-electron chi connectivity index (χ2n) is 5.09. The molecule has 0 saturated carbocycles. The fourth-order valence-corrected chi connectivity index (χ4v) is 2.30. The number of carboxylic acids is 1. The largest absolute Gasteiger partial charge is 0.478 e. The molecule has 4 heteroatoms. The van der Waals surface area contributed by atoms with Crippen molar-refractivity contribution in [3.63, 3.8) is 0 Å². The van der Waals surface area contributed by atoms with E-state index in [0.717, 1.165) is 19.6 Å². The summed E-state index contributed by atoms with van der Waals surface area (Å²) in [6, 6.07) is 8.19. The van der Waals surface area contributed by atoms with Gasteiger partial charge in [-0.1, -0.05) is 12.1 Å². The highest BCUT2D eigenvalue weighted by Crippen LogP contribution is 2.13. The van der Waals surface area contributed by atoms with Crippen LogP contribution in [0.25, 0.3) is 0 Å². The van der Waals surface area contributed by atoms with Gasteiger partial charge < -0.3 is 10.4 Å². The van der Waals surface area contributed by atoms with Crippen LogP contribution in [-0.4, -0.2) is 41.1 Å². The monoisotopic (exact) mass is 248 g/mol. The first-order chi connectivity index (χ1) is 8.56. The Kier molecular flexibility index (Phi) is 3.99. The standard InChI is InChI=1S/C14H20N2O2/c1-10-8-16(11(2)7-15-10)9-12-3-5-13(6-4-12)14(17)18/h3-6,10-11,15H,7-9H2,1-2H3,(H,17,18)/t10-,11+/m1/s1.